The first-order valence-corrected chi connectivity index (χ1v) is 10.8. The van der Waals surface area contributed by atoms with Gasteiger partial charge in [0.1, 0.15) is 0 Å². The van der Waals surface area contributed by atoms with Gasteiger partial charge in [-0.05, 0) is 42.4 Å². The van der Waals surface area contributed by atoms with Gasteiger partial charge in [-0.2, -0.15) is 0 Å². The van der Waals surface area contributed by atoms with E-state index in [1.54, 1.807) is 19.1 Å². The van der Waals surface area contributed by atoms with Gasteiger partial charge in [-0.3, -0.25) is 4.79 Å². The van der Waals surface area contributed by atoms with E-state index in [0.717, 1.165) is 17.9 Å². The summed E-state index contributed by atoms with van der Waals surface area (Å²) in [7, 11) is 0. The van der Waals surface area contributed by atoms with Gasteiger partial charge in [0.05, 0.1) is 5.41 Å². The largest absolute Gasteiger partial charge is 0.481 e. The van der Waals surface area contributed by atoms with E-state index in [4.69, 9.17) is 11.6 Å². The topological polar surface area (TPSA) is 74.6 Å². The first-order valence-electron chi connectivity index (χ1n) is 10.5. The summed E-state index contributed by atoms with van der Waals surface area (Å²) in [5.41, 5.74) is 1.03. The molecule has 2 unspecified atom stereocenters. The van der Waals surface area contributed by atoms with Crippen molar-refractivity contribution < 1.29 is 19.8 Å². The molecule has 0 saturated heterocycles. The van der Waals surface area contributed by atoms with Crippen LogP contribution in [0.3, 0.4) is 0 Å². The number of allylic oxidation sites excluding steroid dienone is 2. The van der Waals surface area contributed by atoms with Gasteiger partial charge in [0.2, 0.25) is 0 Å². The van der Waals surface area contributed by atoms with E-state index in [2.05, 4.69) is 6.07 Å². The summed E-state index contributed by atoms with van der Waals surface area (Å²) < 4.78 is 0. The summed E-state index contributed by atoms with van der Waals surface area (Å²) in [6.45, 7) is 1.67. The minimum atomic E-state index is -1.24. The molecule has 1 aromatic rings. The van der Waals surface area contributed by atoms with Crippen LogP contribution >= 0.6 is 11.6 Å². The van der Waals surface area contributed by atoms with Crippen LogP contribution < -0.4 is 0 Å². The summed E-state index contributed by atoms with van der Waals surface area (Å²) in [4.78, 5) is 23.6. The highest BCUT2D eigenvalue weighted by atomic mass is 35.5. The number of benzene rings is 1. The highest BCUT2D eigenvalue weighted by Crippen LogP contribution is 2.42. The quantitative estimate of drug-likeness (QED) is 0.599. The van der Waals surface area contributed by atoms with Gasteiger partial charge in [-0.25, -0.2) is 4.79 Å². The Morgan fingerprint density at radius 3 is 2.52 bits per heavy atom. The summed E-state index contributed by atoms with van der Waals surface area (Å²) in [5.74, 6) is -1.96. The highest BCUT2D eigenvalue weighted by Gasteiger charge is 2.45. The molecule has 3 rings (SSSR count). The molecule has 2 aliphatic carbocycles. The van der Waals surface area contributed by atoms with E-state index in [1.165, 1.54) is 43.7 Å². The Morgan fingerprint density at radius 1 is 1.17 bits per heavy atom. The molecule has 0 spiro atoms. The number of hydrogen-bond donors (Lipinski definition) is 2. The Labute approximate surface area is 177 Å². The molecule has 4 nitrogen and oxygen atoms in total. The summed E-state index contributed by atoms with van der Waals surface area (Å²) in [6.07, 6.45) is 13.0. The zero-order valence-corrected chi connectivity index (χ0v) is 17.6. The second-order valence-corrected chi connectivity index (χ2v) is 8.89. The Morgan fingerprint density at radius 2 is 1.90 bits per heavy atom. The monoisotopic (exact) mass is 416 g/mol. The Kier molecular flexibility index (Phi) is 6.84. The van der Waals surface area contributed by atoms with Gasteiger partial charge in [0.25, 0.3) is 0 Å². The first kappa shape index (κ1) is 21.6. The smallest absolute Gasteiger partial charge is 0.331 e. The molecule has 0 amide bonds. The third-order valence-corrected chi connectivity index (χ3v) is 7.08. The van der Waals surface area contributed by atoms with Gasteiger partial charge in [-0.15, -0.1) is 0 Å². The van der Waals surface area contributed by atoms with E-state index in [1.807, 2.05) is 12.1 Å². The van der Waals surface area contributed by atoms with Crippen LogP contribution in [-0.2, 0) is 22.4 Å². The van der Waals surface area contributed by atoms with Crippen molar-refractivity contribution in [3.63, 3.8) is 0 Å². The van der Waals surface area contributed by atoms with E-state index in [0.29, 0.717) is 17.9 Å². The summed E-state index contributed by atoms with van der Waals surface area (Å²) in [6, 6.07) is 6.12. The van der Waals surface area contributed by atoms with Crippen molar-refractivity contribution in [2.24, 2.45) is 17.3 Å². The maximum Gasteiger partial charge on any atom is 0.331 e. The number of carboxylic acids is 2. The molecule has 156 valence electrons. The number of halogens is 1. The summed E-state index contributed by atoms with van der Waals surface area (Å²) >= 11 is 6.53. The highest BCUT2D eigenvalue weighted by molar-refractivity contribution is 6.31. The van der Waals surface area contributed by atoms with Crippen molar-refractivity contribution in [1.82, 2.24) is 0 Å². The molecule has 0 radical (unpaired) electrons. The second-order valence-electron chi connectivity index (χ2n) is 8.49. The van der Waals surface area contributed by atoms with Crippen LogP contribution in [0.2, 0.25) is 5.02 Å². The molecular formula is C24H29ClO4. The SMILES string of the molecule is CC1C(C(=O)O)=CC=CC1(CCc1ccc(CC2CCCCC2)cc1Cl)C(=O)O. The van der Waals surface area contributed by atoms with Gasteiger partial charge >= 0.3 is 11.9 Å². The lowest BCUT2D eigenvalue weighted by Crippen LogP contribution is -2.40. The predicted molar refractivity (Wildman–Crippen MR) is 114 cm³/mol. The Bertz CT molecular complexity index is 835. The lowest BCUT2D eigenvalue weighted by atomic mass is 9.67. The summed E-state index contributed by atoms with van der Waals surface area (Å²) in [5, 5.41) is 20.0. The fraction of sp³-hybridized carbons (Fsp3) is 0.500. The van der Waals surface area contributed by atoms with Crippen LogP contribution in [0.1, 0.15) is 56.6 Å². The van der Waals surface area contributed by atoms with Gasteiger partial charge < -0.3 is 10.2 Å². The lowest BCUT2D eigenvalue weighted by molar-refractivity contribution is -0.149. The first-order chi connectivity index (χ1) is 13.8. The maximum atomic E-state index is 12.1. The minimum absolute atomic E-state index is 0.129. The molecule has 0 aliphatic heterocycles. The minimum Gasteiger partial charge on any atom is -0.481 e. The van der Waals surface area contributed by atoms with Crippen LogP contribution in [0.25, 0.3) is 0 Å². The van der Waals surface area contributed by atoms with Crippen LogP contribution in [0, 0.1) is 17.3 Å². The van der Waals surface area contributed by atoms with Crippen molar-refractivity contribution in [2.45, 2.75) is 58.3 Å². The molecule has 2 aliphatic rings. The van der Waals surface area contributed by atoms with Gasteiger partial charge in [-0.1, -0.05) is 81.0 Å². The molecule has 1 aromatic carbocycles. The van der Waals surface area contributed by atoms with Crippen molar-refractivity contribution in [3.8, 4) is 0 Å². The molecular weight excluding hydrogens is 388 g/mol. The van der Waals surface area contributed by atoms with E-state index < -0.39 is 23.3 Å². The molecule has 2 N–H and O–H groups in total. The van der Waals surface area contributed by atoms with E-state index >= 15 is 0 Å². The number of hydrogen-bond acceptors (Lipinski definition) is 2. The van der Waals surface area contributed by atoms with Crippen molar-refractivity contribution in [3.05, 3.63) is 58.1 Å². The number of carboxylic acid groups (broad SMARTS) is 2. The van der Waals surface area contributed by atoms with Crippen LogP contribution in [0.4, 0.5) is 0 Å². The fourth-order valence-corrected chi connectivity index (χ4v) is 5.09. The van der Waals surface area contributed by atoms with Crippen molar-refractivity contribution in [1.29, 1.82) is 0 Å². The van der Waals surface area contributed by atoms with Gasteiger partial charge in [0.15, 0.2) is 0 Å². The van der Waals surface area contributed by atoms with Crippen molar-refractivity contribution in [2.75, 3.05) is 0 Å². The number of rotatable bonds is 7. The standard InChI is InChI=1S/C24H29ClO4/c1-16-20(22(26)27)8-5-12-24(16,23(28)29)13-11-19-10-9-18(15-21(19)25)14-17-6-3-2-4-7-17/h5,8-10,12,15-17H,2-4,6-7,11,13-14H2,1H3,(H,26,27)(H,28,29). The van der Waals surface area contributed by atoms with E-state index in [-0.39, 0.29) is 5.57 Å². The van der Waals surface area contributed by atoms with Crippen LogP contribution in [0.15, 0.2) is 42.0 Å². The molecule has 2 atom stereocenters. The van der Waals surface area contributed by atoms with Gasteiger partial charge in [0, 0.05) is 16.5 Å². The fourth-order valence-electron chi connectivity index (χ4n) is 4.80. The van der Waals surface area contributed by atoms with Crippen LogP contribution in [-0.4, -0.2) is 22.2 Å². The average molecular weight is 417 g/mol. The zero-order valence-electron chi connectivity index (χ0n) is 16.9. The Balaban J connectivity index is 1.72. The second kappa shape index (κ2) is 9.17. The third-order valence-electron chi connectivity index (χ3n) is 6.73. The molecule has 0 aromatic heterocycles. The van der Waals surface area contributed by atoms with Crippen molar-refractivity contribution >= 4 is 23.5 Å². The normalized spacial score (nSPS) is 24.9. The third kappa shape index (κ3) is 4.75. The maximum absolute atomic E-state index is 12.1. The Hall–Kier alpha value is -2.07. The van der Waals surface area contributed by atoms with Crippen LogP contribution in [0.5, 0.6) is 0 Å². The molecule has 0 heterocycles. The number of aryl methyl sites for hydroxylation is 1. The predicted octanol–water partition coefficient (Wildman–Crippen LogP) is 5.68. The lowest BCUT2D eigenvalue weighted by Gasteiger charge is -2.35. The molecule has 5 heteroatoms. The number of aliphatic carboxylic acids is 2. The molecule has 0 bridgehead atoms. The number of carbonyl (C=O) groups is 2. The molecule has 29 heavy (non-hydrogen) atoms. The molecule has 1 fully saturated rings. The zero-order chi connectivity index (χ0) is 21.0. The van der Waals surface area contributed by atoms with E-state index in [9.17, 15) is 19.8 Å². The average Bonchev–Trinajstić information content (AvgIpc) is 2.69. The molecule has 1 saturated carbocycles.